The summed E-state index contributed by atoms with van der Waals surface area (Å²) in [5.41, 5.74) is -0.313. The number of benzene rings is 2. The van der Waals surface area contributed by atoms with Gasteiger partial charge in [0.2, 0.25) is 0 Å². The van der Waals surface area contributed by atoms with Gasteiger partial charge in [-0.15, -0.1) is 0 Å². The number of Topliss-reactive ketones (excluding diaryl/α,β-unsaturated/α-hetero) is 1. The van der Waals surface area contributed by atoms with Gasteiger partial charge in [0.15, 0.2) is 12.4 Å². The molecule has 0 saturated carbocycles. The molecule has 108 valence electrons. The van der Waals surface area contributed by atoms with Crippen molar-refractivity contribution in [2.75, 3.05) is 6.61 Å². The van der Waals surface area contributed by atoms with Crippen molar-refractivity contribution in [1.29, 1.82) is 0 Å². The van der Waals surface area contributed by atoms with Crippen LogP contribution < -0.4 is 0 Å². The predicted octanol–water partition coefficient (Wildman–Crippen LogP) is 3.14. The second kappa shape index (κ2) is 6.21. The van der Waals surface area contributed by atoms with E-state index in [1.165, 1.54) is 12.1 Å². The average Bonchev–Trinajstić information content (AvgIpc) is 2.45. The first kappa shape index (κ1) is 14.8. The number of halogens is 3. The Balaban J connectivity index is 2.00. The monoisotopic (exact) mass is 294 g/mol. The zero-order chi connectivity index (χ0) is 15.4. The molecule has 0 unspecified atom stereocenters. The quantitative estimate of drug-likeness (QED) is 0.642. The summed E-state index contributed by atoms with van der Waals surface area (Å²) in [6.45, 7) is -0.624. The lowest BCUT2D eigenvalue weighted by molar-refractivity contribution is 0.0470. The van der Waals surface area contributed by atoms with Crippen LogP contribution in [0.4, 0.5) is 13.2 Å². The average molecular weight is 294 g/mol. The Morgan fingerprint density at radius 1 is 0.905 bits per heavy atom. The Kier molecular flexibility index (Phi) is 4.37. The van der Waals surface area contributed by atoms with Gasteiger partial charge in [-0.1, -0.05) is 0 Å². The van der Waals surface area contributed by atoms with Gasteiger partial charge in [0.1, 0.15) is 17.5 Å². The normalized spacial score (nSPS) is 10.2. The molecule has 0 fully saturated rings. The molecule has 3 nitrogen and oxygen atoms in total. The Morgan fingerprint density at radius 2 is 1.52 bits per heavy atom. The summed E-state index contributed by atoms with van der Waals surface area (Å²) < 4.78 is 43.4. The third kappa shape index (κ3) is 3.68. The molecule has 0 N–H and O–H groups in total. The predicted molar refractivity (Wildman–Crippen MR) is 67.4 cm³/mol. The van der Waals surface area contributed by atoms with E-state index in [0.29, 0.717) is 6.07 Å². The van der Waals surface area contributed by atoms with E-state index in [0.717, 1.165) is 24.3 Å². The van der Waals surface area contributed by atoms with Gasteiger partial charge in [-0.25, -0.2) is 18.0 Å². The molecule has 0 aromatic heterocycles. The van der Waals surface area contributed by atoms with Crippen molar-refractivity contribution in [1.82, 2.24) is 0 Å². The van der Waals surface area contributed by atoms with Gasteiger partial charge in [0, 0.05) is 11.6 Å². The fourth-order valence-corrected chi connectivity index (χ4v) is 1.58. The van der Waals surface area contributed by atoms with E-state index in [-0.39, 0.29) is 5.56 Å². The second-order valence-corrected chi connectivity index (χ2v) is 4.13. The number of carbonyl (C=O) groups excluding carboxylic acids is 2. The molecule has 0 bridgehead atoms. The molecule has 0 radical (unpaired) electrons. The SMILES string of the molecule is O=C(COC(=O)c1ccc(F)cc1F)c1ccc(F)cc1. The first-order chi connectivity index (χ1) is 9.97. The highest BCUT2D eigenvalue weighted by Gasteiger charge is 2.16. The molecular weight excluding hydrogens is 285 g/mol. The molecule has 0 amide bonds. The van der Waals surface area contributed by atoms with Crippen LogP contribution in [-0.2, 0) is 4.74 Å². The molecule has 2 rings (SSSR count). The lowest BCUT2D eigenvalue weighted by Crippen LogP contribution is -2.15. The topological polar surface area (TPSA) is 43.4 Å². The molecule has 2 aromatic rings. The molecule has 0 aliphatic heterocycles. The van der Waals surface area contributed by atoms with E-state index in [1.54, 1.807) is 0 Å². The lowest BCUT2D eigenvalue weighted by Gasteiger charge is -2.05. The molecule has 0 spiro atoms. The number of hydrogen-bond donors (Lipinski definition) is 0. The molecule has 21 heavy (non-hydrogen) atoms. The van der Waals surface area contributed by atoms with E-state index < -0.39 is 41.4 Å². The summed E-state index contributed by atoms with van der Waals surface area (Å²) in [5, 5.41) is 0. The fraction of sp³-hybridized carbons (Fsp3) is 0.0667. The van der Waals surface area contributed by atoms with Gasteiger partial charge in [0.05, 0.1) is 5.56 Å². The Bertz CT molecular complexity index is 681. The smallest absolute Gasteiger partial charge is 0.341 e. The van der Waals surface area contributed by atoms with Crippen molar-refractivity contribution >= 4 is 11.8 Å². The second-order valence-electron chi connectivity index (χ2n) is 4.13. The summed E-state index contributed by atoms with van der Waals surface area (Å²) in [5.74, 6) is -4.05. The summed E-state index contributed by atoms with van der Waals surface area (Å²) in [6.07, 6.45) is 0. The highest BCUT2D eigenvalue weighted by Crippen LogP contribution is 2.11. The molecule has 0 aliphatic rings. The lowest BCUT2D eigenvalue weighted by atomic mass is 10.1. The molecular formula is C15H9F3O3. The maximum absolute atomic E-state index is 13.3. The first-order valence-electron chi connectivity index (χ1n) is 5.88. The third-order valence-corrected chi connectivity index (χ3v) is 2.65. The van der Waals surface area contributed by atoms with Crippen LogP contribution in [0.15, 0.2) is 42.5 Å². The van der Waals surface area contributed by atoms with Crippen LogP contribution in [0.25, 0.3) is 0 Å². The molecule has 0 aliphatic carbocycles. The van der Waals surface area contributed by atoms with Gasteiger partial charge in [-0.2, -0.15) is 0 Å². The van der Waals surface area contributed by atoms with E-state index in [1.807, 2.05) is 0 Å². The fourth-order valence-electron chi connectivity index (χ4n) is 1.58. The Labute approximate surface area is 118 Å². The minimum atomic E-state index is -1.08. The number of ketones is 1. The molecule has 6 heteroatoms. The van der Waals surface area contributed by atoms with Gasteiger partial charge < -0.3 is 4.74 Å². The van der Waals surface area contributed by atoms with Gasteiger partial charge >= 0.3 is 5.97 Å². The van der Waals surface area contributed by atoms with E-state index in [4.69, 9.17) is 0 Å². The van der Waals surface area contributed by atoms with Crippen LogP contribution in [0, 0.1) is 17.5 Å². The summed E-state index contributed by atoms with van der Waals surface area (Å²) >= 11 is 0. The highest BCUT2D eigenvalue weighted by molar-refractivity contribution is 5.99. The van der Waals surface area contributed by atoms with E-state index >= 15 is 0 Å². The van der Waals surface area contributed by atoms with Crippen LogP contribution in [0.1, 0.15) is 20.7 Å². The van der Waals surface area contributed by atoms with E-state index in [2.05, 4.69) is 4.74 Å². The van der Waals surface area contributed by atoms with Crippen LogP contribution in [0.3, 0.4) is 0 Å². The number of carbonyl (C=O) groups is 2. The van der Waals surface area contributed by atoms with E-state index in [9.17, 15) is 22.8 Å². The summed E-state index contributed by atoms with van der Waals surface area (Å²) in [7, 11) is 0. The van der Waals surface area contributed by atoms with Crippen molar-refractivity contribution < 1.29 is 27.5 Å². The summed E-state index contributed by atoms with van der Waals surface area (Å²) in [6, 6.07) is 7.03. The number of esters is 1. The first-order valence-corrected chi connectivity index (χ1v) is 5.88. The van der Waals surface area contributed by atoms with Crippen LogP contribution in [0.5, 0.6) is 0 Å². The Hall–Kier alpha value is -2.63. The third-order valence-electron chi connectivity index (χ3n) is 2.65. The van der Waals surface area contributed by atoms with Crippen molar-refractivity contribution in [2.45, 2.75) is 0 Å². The number of ether oxygens (including phenoxy) is 1. The van der Waals surface area contributed by atoms with Gasteiger partial charge in [-0.05, 0) is 36.4 Å². The highest BCUT2D eigenvalue weighted by atomic mass is 19.1. The number of hydrogen-bond acceptors (Lipinski definition) is 3. The molecule has 0 atom stereocenters. The van der Waals surface area contributed by atoms with Crippen LogP contribution in [-0.4, -0.2) is 18.4 Å². The van der Waals surface area contributed by atoms with Gasteiger partial charge in [-0.3, -0.25) is 4.79 Å². The largest absolute Gasteiger partial charge is 0.454 e. The zero-order valence-corrected chi connectivity index (χ0v) is 10.6. The minimum Gasteiger partial charge on any atom is -0.454 e. The standard InChI is InChI=1S/C15H9F3O3/c16-10-3-1-9(2-4-10)14(19)8-21-15(20)12-6-5-11(17)7-13(12)18/h1-7H,8H2. The maximum Gasteiger partial charge on any atom is 0.341 e. The molecule has 0 saturated heterocycles. The van der Waals surface area contributed by atoms with Crippen molar-refractivity contribution in [3.05, 3.63) is 71.0 Å². The van der Waals surface area contributed by atoms with Crippen LogP contribution >= 0.6 is 0 Å². The van der Waals surface area contributed by atoms with Crippen molar-refractivity contribution in [2.24, 2.45) is 0 Å². The zero-order valence-electron chi connectivity index (χ0n) is 10.6. The maximum atomic E-state index is 13.3. The Morgan fingerprint density at radius 3 is 2.14 bits per heavy atom. The van der Waals surface area contributed by atoms with Crippen molar-refractivity contribution in [3.63, 3.8) is 0 Å². The summed E-state index contributed by atoms with van der Waals surface area (Å²) in [4.78, 5) is 23.2. The van der Waals surface area contributed by atoms with Crippen molar-refractivity contribution in [3.8, 4) is 0 Å². The van der Waals surface area contributed by atoms with Crippen LogP contribution in [0.2, 0.25) is 0 Å². The minimum absolute atomic E-state index is 0.156. The van der Waals surface area contributed by atoms with Gasteiger partial charge in [0.25, 0.3) is 0 Å². The molecule has 0 heterocycles. The molecule has 2 aromatic carbocycles. The number of rotatable bonds is 4.